The van der Waals surface area contributed by atoms with Crippen molar-refractivity contribution in [3.8, 4) is 0 Å². The highest BCUT2D eigenvalue weighted by Gasteiger charge is 2.49. The molecule has 0 radical (unpaired) electrons. The Bertz CT molecular complexity index is 1220. The molecule has 0 aromatic rings. The molecule has 0 amide bonds. The number of epoxide rings is 1. The van der Waals surface area contributed by atoms with Gasteiger partial charge in [-0.2, -0.15) is 0 Å². The number of carbonyl (C=O) groups excluding carboxylic acids is 2. The monoisotopic (exact) mass is 781 g/mol. The quantitative estimate of drug-likeness (QED) is 0.0434. The summed E-state index contributed by atoms with van der Waals surface area (Å²) in [6, 6.07) is 6.13. The first kappa shape index (κ1) is 47.5. The lowest BCUT2D eigenvalue weighted by molar-refractivity contribution is -0.157. The van der Waals surface area contributed by atoms with Crippen molar-refractivity contribution < 1.29 is 42.9 Å². The summed E-state index contributed by atoms with van der Waals surface area (Å²) in [5.74, 6) is -0.906. The summed E-state index contributed by atoms with van der Waals surface area (Å²) in [6.07, 6.45) is 9.42. The van der Waals surface area contributed by atoms with Crippen molar-refractivity contribution in [2.75, 3.05) is 0 Å². The zero-order valence-electron chi connectivity index (χ0n) is 35.5. The molecule has 2 heterocycles. The molecular formula is C42H76O9Si2. The topological polar surface area (TPSA) is 124 Å². The molecule has 0 saturated carbocycles. The van der Waals surface area contributed by atoms with Gasteiger partial charge in [0.25, 0.3) is 0 Å². The second-order valence-corrected chi connectivity index (χ2v) is 25.9. The van der Waals surface area contributed by atoms with E-state index in [1.54, 1.807) is 26.0 Å². The van der Waals surface area contributed by atoms with E-state index in [1.165, 1.54) is 6.92 Å². The number of allylic oxidation sites excluding steroid dienone is 2. The maximum absolute atomic E-state index is 13.6. The fraction of sp³-hybridized carbons (Fsp3) is 0.810. The third-order valence-corrected chi connectivity index (χ3v) is 21.7. The molecule has 0 aromatic heterocycles. The minimum absolute atomic E-state index is 0.0433. The van der Waals surface area contributed by atoms with Gasteiger partial charge in [-0.15, -0.1) is 0 Å². The Hall–Kier alpha value is -1.61. The van der Waals surface area contributed by atoms with E-state index in [0.717, 1.165) is 48.3 Å². The molecule has 1 saturated heterocycles. The van der Waals surface area contributed by atoms with E-state index in [0.29, 0.717) is 12.8 Å². The summed E-state index contributed by atoms with van der Waals surface area (Å²) < 4.78 is 31.6. The van der Waals surface area contributed by atoms with E-state index in [4.69, 9.17) is 23.1 Å². The van der Waals surface area contributed by atoms with Crippen LogP contribution in [0.25, 0.3) is 0 Å². The number of rotatable bonds is 19. The van der Waals surface area contributed by atoms with Crippen LogP contribution in [0.15, 0.2) is 36.0 Å². The van der Waals surface area contributed by atoms with E-state index < -0.39 is 52.1 Å². The molecule has 2 aliphatic heterocycles. The fourth-order valence-electron chi connectivity index (χ4n) is 7.93. The van der Waals surface area contributed by atoms with Crippen LogP contribution in [-0.4, -0.2) is 86.6 Å². The van der Waals surface area contributed by atoms with Gasteiger partial charge >= 0.3 is 11.9 Å². The van der Waals surface area contributed by atoms with E-state index in [-0.39, 0.29) is 49.0 Å². The Balaban J connectivity index is 2.28. The average Bonchev–Trinajstić information content (AvgIpc) is 3.88. The number of hydrogen-bond donors (Lipinski definition) is 2. The van der Waals surface area contributed by atoms with E-state index in [2.05, 4.69) is 55.4 Å². The number of ether oxygens (including phenoxy) is 3. The first-order valence-corrected chi connectivity index (χ1v) is 25.7. The van der Waals surface area contributed by atoms with Crippen LogP contribution in [0.2, 0.25) is 36.3 Å². The molecule has 10 atom stereocenters. The minimum Gasteiger partial charge on any atom is -0.457 e. The highest BCUT2D eigenvalue weighted by Crippen LogP contribution is 2.40. The number of cyclic esters (lactones) is 1. The normalized spacial score (nSPS) is 30.8. The van der Waals surface area contributed by atoms with Gasteiger partial charge in [0.1, 0.15) is 17.8 Å². The van der Waals surface area contributed by atoms with Gasteiger partial charge in [0.05, 0.1) is 30.3 Å². The molecule has 10 unspecified atom stereocenters. The van der Waals surface area contributed by atoms with Crippen LogP contribution < -0.4 is 0 Å². The Morgan fingerprint density at radius 2 is 1.62 bits per heavy atom. The predicted octanol–water partition coefficient (Wildman–Crippen LogP) is 9.20. The predicted molar refractivity (Wildman–Crippen MR) is 219 cm³/mol. The minimum atomic E-state index is -2.09. The van der Waals surface area contributed by atoms with Crippen molar-refractivity contribution in [3.05, 3.63) is 36.0 Å². The summed E-state index contributed by atoms with van der Waals surface area (Å²) in [4.78, 5) is 25.7. The molecule has 1 fully saturated rings. The molecule has 0 spiro atoms. The molecule has 2 aliphatic rings. The van der Waals surface area contributed by atoms with E-state index in [1.807, 2.05) is 32.1 Å². The third-order valence-electron chi connectivity index (χ3n) is 12.3. The van der Waals surface area contributed by atoms with Gasteiger partial charge in [0, 0.05) is 31.3 Å². The number of carbonyl (C=O) groups is 2. The summed E-state index contributed by atoms with van der Waals surface area (Å²) >= 11 is 0. The van der Waals surface area contributed by atoms with Crippen molar-refractivity contribution in [3.63, 3.8) is 0 Å². The Kier molecular flexibility index (Phi) is 18.9. The number of hydrogen-bond acceptors (Lipinski definition) is 9. The Morgan fingerprint density at radius 1 is 1.04 bits per heavy atom. The largest absolute Gasteiger partial charge is 0.457 e. The standard InChI is InChI=1S/C42H76O9Si2/c1-14-35(51-53(18-5,19-6)20-7)32(10)40-36(48-40)29-41(12,45)26-21-22-30(8)39-31(9)23-24-37(47-33(11)43)42(13,46)27-25-34(28-38(44)49-39)50-52(15-2,16-3)17-4/h21-24,26,31-32,34-37,39-40,45-46H,14-20,25,27-29H2,1-13H3/b24-23+,26-21+,30-22+. The average molecular weight is 781 g/mol. The van der Waals surface area contributed by atoms with Crippen LogP contribution in [0.3, 0.4) is 0 Å². The first-order chi connectivity index (χ1) is 24.8. The van der Waals surface area contributed by atoms with Gasteiger partial charge in [0.15, 0.2) is 16.6 Å². The van der Waals surface area contributed by atoms with Crippen molar-refractivity contribution in [1.29, 1.82) is 0 Å². The first-order valence-electron chi connectivity index (χ1n) is 20.7. The van der Waals surface area contributed by atoms with Crippen LogP contribution >= 0.6 is 0 Å². The van der Waals surface area contributed by atoms with Crippen molar-refractivity contribution >= 4 is 28.6 Å². The van der Waals surface area contributed by atoms with Gasteiger partial charge < -0.3 is 33.3 Å². The molecule has 9 nitrogen and oxygen atoms in total. The molecule has 0 aliphatic carbocycles. The fourth-order valence-corrected chi connectivity index (χ4v) is 13.9. The van der Waals surface area contributed by atoms with E-state index in [9.17, 15) is 19.8 Å². The summed E-state index contributed by atoms with van der Waals surface area (Å²) in [6.45, 7) is 26.2. The van der Waals surface area contributed by atoms with Crippen molar-refractivity contribution in [2.45, 2.75) is 206 Å². The van der Waals surface area contributed by atoms with Gasteiger partial charge in [0.2, 0.25) is 0 Å². The van der Waals surface area contributed by atoms with Gasteiger partial charge in [-0.3, -0.25) is 9.59 Å². The molecule has 306 valence electrons. The Labute approximate surface area is 324 Å². The smallest absolute Gasteiger partial charge is 0.308 e. The van der Waals surface area contributed by atoms with Crippen LogP contribution in [0.1, 0.15) is 122 Å². The molecule has 11 heteroatoms. The lowest BCUT2D eigenvalue weighted by Crippen LogP contribution is -2.45. The molecule has 0 bridgehead atoms. The third kappa shape index (κ3) is 14.1. The summed E-state index contributed by atoms with van der Waals surface area (Å²) in [5.41, 5.74) is -1.68. The maximum atomic E-state index is 13.6. The molecule has 53 heavy (non-hydrogen) atoms. The second kappa shape index (κ2) is 21.1. The highest BCUT2D eigenvalue weighted by atomic mass is 28.4. The van der Waals surface area contributed by atoms with Gasteiger partial charge in [-0.25, -0.2) is 0 Å². The zero-order chi connectivity index (χ0) is 40.2. The zero-order valence-corrected chi connectivity index (χ0v) is 37.5. The second-order valence-electron chi connectivity index (χ2n) is 16.4. The SMILES string of the molecule is CCC(O[Si](CC)(CC)CC)C(C)C1OC1CC(C)(O)/C=C/C=C(\C)C1OC(=O)CC(O[Si](CC)(CC)CC)CCC(C)(O)C(OC(C)=O)/C=C/C1C. The number of esters is 2. The Morgan fingerprint density at radius 3 is 2.15 bits per heavy atom. The highest BCUT2D eigenvalue weighted by molar-refractivity contribution is 6.74. The van der Waals surface area contributed by atoms with Crippen LogP contribution in [0, 0.1) is 11.8 Å². The molecule has 2 N–H and O–H groups in total. The molecule has 0 aromatic carbocycles. The number of aliphatic hydroxyl groups is 2. The van der Waals surface area contributed by atoms with Crippen LogP contribution in [0.4, 0.5) is 0 Å². The molecule has 2 rings (SSSR count). The van der Waals surface area contributed by atoms with E-state index >= 15 is 0 Å². The van der Waals surface area contributed by atoms with Crippen LogP contribution in [0.5, 0.6) is 0 Å². The van der Waals surface area contributed by atoms with Crippen LogP contribution in [-0.2, 0) is 32.7 Å². The van der Waals surface area contributed by atoms with Gasteiger partial charge in [-0.05, 0) is 87.9 Å². The van der Waals surface area contributed by atoms with Gasteiger partial charge in [-0.1, -0.05) is 86.6 Å². The maximum Gasteiger partial charge on any atom is 0.308 e. The lowest BCUT2D eigenvalue weighted by Gasteiger charge is -2.36. The lowest BCUT2D eigenvalue weighted by atomic mass is 9.88. The van der Waals surface area contributed by atoms with Crippen molar-refractivity contribution in [2.24, 2.45) is 11.8 Å². The van der Waals surface area contributed by atoms with Crippen molar-refractivity contribution in [1.82, 2.24) is 0 Å². The summed E-state index contributed by atoms with van der Waals surface area (Å²) in [7, 11) is -3.84. The molecular weight excluding hydrogens is 705 g/mol. The summed E-state index contributed by atoms with van der Waals surface area (Å²) in [5, 5.41) is 22.9.